The van der Waals surface area contributed by atoms with E-state index in [4.69, 9.17) is 0 Å². The van der Waals surface area contributed by atoms with Crippen molar-refractivity contribution in [2.75, 3.05) is 12.8 Å². The van der Waals surface area contributed by atoms with Crippen molar-refractivity contribution in [1.29, 1.82) is 0 Å². The van der Waals surface area contributed by atoms with Gasteiger partial charge in [0.25, 0.3) is 0 Å². The molecule has 1 atom stereocenters. The molecular formula is C10H11BrFNS. The van der Waals surface area contributed by atoms with E-state index in [1.54, 1.807) is 11.8 Å². The number of nitrogens with one attached hydrogen (secondary N) is 1. The molecule has 1 aromatic rings. The van der Waals surface area contributed by atoms with Crippen LogP contribution in [0.2, 0.25) is 0 Å². The van der Waals surface area contributed by atoms with Crippen LogP contribution in [-0.2, 0) is 5.75 Å². The van der Waals surface area contributed by atoms with Gasteiger partial charge in [0.1, 0.15) is 5.82 Å². The van der Waals surface area contributed by atoms with E-state index in [0.29, 0.717) is 0 Å². The number of rotatable bonds is 1. The van der Waals surface area contributed by atoms with Crippen molar-refractivity contribution < 1.29 is 4.39 Å². The number of thioether (sulfide) groups is 1. The molecule has 0 saturated heterocycles. The van der Waals surface area contributed by atoms with Crippen molar-refractivity contribution >= 4 is 27.7 Å². The second-order valence-electron chi connectivity index (χ2n) is 3.31. The quantitative estimate of drug-likeness (QED) is 0.846. The highest BCUT2D eigenvalue weighted by Crippen LogP contribution is 2.34. The summed E-state index contributed by atoms with van der Waals surface area (Å²) < 4.78 is 14.4. The Labute approximate surface area is 95.6 Å². The average Bonchev–Trinajstić information content (AvgIpc) is 2.17. The van der Waals surface area contributed by atoms with Gasteiger partial charge in [-0.2, -0.15) is 11.8 Å². The zero-order valence-corrected chi connectivity index (χ0v) is 10.2. The highest BCUT2D eigenvalue weighted by atomic mass is 79.9. The van der Waals surface area contributed by atoms with Crippen LogP contribution in [-0.4, -0.2) is 12.8 Å². The average molecular weight is 276 g/mol. The lowest BCUT2D eigenvalue weighted by Gasteiger charge is -2.25. The van der Waals surface area contributed by atoms with Crippen molar-refractivity contribution in [2.24, 2.45) is 0 Å². The Morgan fingerprint density at radius 3 is 3.07 bits per heavy atom. The van der Waals surface area contributed by atoms with Gasteiger partial charge in [0.2, 0.25) is 0 Å². The number of halogens is 2. The van der Waals surface area contributed by atoms with E-state index in [1.807, 2.05) is 13.1 Å². The van der Waals surface area contributed by atoms with Crippen molar-refractivity contribution in [3.05, 3.63) is 33.5 Å². The predicted octanol–water partition coefficient (Wildman–Crippen LogP) is 3.10. The molecule has 0 spiro atoms. The maximum atomic E-state index is 13.6. The first-order chi connectivity index (χ1) is 6.72. The van der Waals surface area contributed by atoms with Gasteiger partial charge in [-0.1, -0.05) is 15.9 Å². The largest absolute Gasteiger partial charge is 0.312 e. The van der Waals surface area contributed by atoms with Gasteiger partial charge in [0, 0.05) is 27.6 Å². The van der Waals surface area contributed by atoms with Gasteiger partial charge < -0.3 is 5.32 Å². The van der Waals surface area contributed by atoms with Crippen LogP contribution in [0.5, 0.6) is 0 Å². The van der Waals surface area contributed by atoms with E-state index < -0.39 is 0 Å². The first-order valence-corrected chi connectivity index (χ1v) is 6.40. The van der Waals surface area contributed by atoms with Gasteiger partial charge in [0.05, 0.1) is 0 Å². The van der Waals surface area contributed by atoms with Crippen molar-refractivity contribution in [2.45, 2.75) is 11.8 Å². The monoisotopic (exact) mass is 275 g/mol. The maximum Gasteiger partial charge on any atom is 0.128 e. The summed E-state index contributed by atoms with van der Waals surface area (Å²) in [5, 5.41) is 3.21. The molecular weight excluding hydrogens is 265 g/mol. The van der Waals surface area contributed by atoms with E-state index in [2.05, 4.69) is 21.2 Å². The molecule has 4 heteroatoms. The van der Waals surface area contributed by atoms with Crippen LogP contribution >= 0.6 is 27.7 Å². The lowest BCUT2D eigenvalue weighted by Crippen LogP contribution is -2.23. The summed E-state index contributed by atoms with van der Waals surface area (Å²) in [4.78, 5) is 0. The third-order valence-corrected chi connectivity index (χ3v) is 3.97. The third-order valence-electron chi connectivity index (χ3n) is 2.45. The molecule has 1 aromatic carbocycles. The molecule has 0 fully saturated rings. The van der Waals surface area contributed by atoms with Crippen LogP contribution in [0, 0.1) is 5.82 Å². The summed E-state index contributed by atoms with van der Waals surface area (Å²) in [6, 6.07) is 3.83. The molecule has 0 amide bonds. The smallest absolute Gasteiger partial charge is 0.128 e. The molecule has 1 unspecified atom stereocenters. The van der Waals surface area contributed by atoms with E-state index >= 15 is 0 Å². The fourth-order valence-electron chi connectivity index (χ4n) is 1.69. The molecule has 0 radical (unpaired) electrons. The topological polar surface area (TPSA) is 12.0 Å². The highest BCUT2D eigenvalue weighted by molar-refractivity contribution is 9.10. The fourth-order valence-corrected chi connectivity index (χ4v) is 3.35. The van der Waals surface area contributed by atoms with Crippen LogP contribution in [0.15, 0.2) is 16.6 Å². The predicted molar refractivity (Wildman–Crippen MR) is 62.1 cm³/mol. The van der Waals surface area contributed by atoms with Crippen LogP contribution in [0.25, 0.3) is 0 Å². The minimum atomic E-state index is -0.0955. The number of hydrogen-bond donors (Lipinski definition) is 1. The second kappa shape index (κ2) is 4.21. The summed E-state index contributed by atoms with van der Waals surface area (Å²) >= 11 is 5.10. The van der Waals surface area contributed by atoms with Gasteiger partial charge in [-0.3, -0.25) is 0 Å². The molecule has 1 heterocycles. The van der Waals surface area contributed by atoms with E-state index in [9.17, 15) is 4.39 Å². The lowest BCUT2D eigenvalue weighted by molar-refractivity contribution is 0.592. The molecule has 2 rings (SSSR count). The molecule has 1 nitrogen and oxygen atoms in total. The molecule has 0 saturated carbocycles. The molecule has 1 aliphatic heterocycles. The normalized spacial score (nSPS) is 20.6. The van der Waals surface area contributed by atoms with Crippen LogP contribution < -0.4 is 5.32 Å². The SMILES string of the molecule is CNC1CSCc2c(F)cc(Br)cc21. The second-order valence-corrected chi connectivity index (χ2v) is 5.26. The minimum absolute atomic E-state index is 0.0955. The summed E-state index contributed by atoms with van der Waals surface area (Å²) in [7, 11) is 1.92. The first-order valence-electron chi connectivity index (χ1n) is 4.45. The Balaban J connectivity index is 2.51. The van der Waals surface area contributed by atoms with Crippen molar-refractivity contribution in [3.8, 4) is 0 Å². The Kier molecular flexibility index (Phi) is 3.14. The van der Waals surface area contributed by atoms with Crippen molar-refractivity contribution in [1.82, 2.24) is 5.32 Å². The van der Waals surface area contributed by atoms with Gasteiger partial charge in [-0.05, 0) is 24.7 Å². The Bertz CT molecular complexity index is 356. The summed E-state index contributed by atoms with van der Waals surface area (Å²) in [6.45, 7) is 0. The van der Waals surface area contributed by atoms with Crippen molar-refractivity contribution in [3.63, 3.8) is 0 Å². The number of hydrogen-bond acceptors (Lipinski definition) is 2. The van der Waals surface area contributed by atoms with Crippen LogP contribution in [0.1, 0.15) is 17.2 Å². The van der Waals surface area contributed by atoms with E-state index in [-0.39, 0.29) is 11.9 Å². The maximum absolute atomic E-state index is 13.6. The first kappa shape index (κ1) is 10.5. The zero-order valence-electron chi connectivity index (χ0n) is 7.81. The zero-order chi connectivity index (χ0) is 10.1. The fraction of sp³-hybridized carbons (Fsp3) is 0.400. The van der Waals surface area contributed by atoms with Crippen LogP contribution in [0.3, 0.4) is 0 Å². The molecule has 0 bridgehead atoms. The number of fused-ring (bicyclic) bond motifs is 1. The summed E-state index contributed by atoms with van der Waals surface area (Å²) in [5.74, 6) is 1.70. The van der Waals surface area contributed by atoms with E-state index in [1.165, 1.54) is 6.07 Å². The Morgan fingerprint density at radius 2 is 2.36 bits per heavy atom. The summed E-state index contributed by atoms with van der Waals surface area (Å²) in [6.07, 6.45) is 0. The molecule has 1 aliphatic rings. The standard InChI is InChI=1S/C10H11BrFNS/c1-13-10-5-14-4-8-7(10)2-6(11)3-9(8)12/h2-3,10,13H,4-5H2,1H3. The molecule has 0 aromatic heterocycles. The molecule has 1 N–H and O–H groups in total. The highest BCUT2D eigenvalue weighted by Gasteiger charge is 2.22. The molecule has 14 heavy (non-hydrogen) atoms. The molecule has 76 valence electrons. The van der Waals surface area contributed by atoms with Gasteiger partial charge in [0.15, 0.2) is 0 Å². The van der Waals surface area contributed by atoms with E-state index in [0.717, 1.165) is 27.1 Å². The van der Waals surface area contributed by atoms with Gasteiger partial charge >= 0.3 is 0 Å². The van der Waals surface area contributed by atoms with Gasteiger partial charge in [-0.25, -0.2) is 4.39 Å². The summed E-state index contributed by atoms with van der Waals surface area (Å²) in [5.41, 5.74) is 1.95. The number of benzene rings is 1. The van der Waals surface area contributed by atoms with Gasteiger partial charge in [-0.15, -0.1) is 0 Å². The van der Waals surface area contributed by atoms with Crippen LogP contribution in [0.4, 0.5) is 4.39 Å². The minimum Gasteiger partial charge on any atom is -0.312 e. The lowest BCUT2D eigenvalue weighted by atomic mass is 10.0. The molecule has 0 aliphatic carbocycles. The Morgan fingerprint density at radius 1 is 1.57 bits per heavy atom. The Hall–Kier alpha value is -0.0600. The third kappa shape index (κ3) is 1.83.